The van der Waals surface area contributed by atoms with Crippen LogP contribution >= 0.6 is 11.6 Å². The van der Waals surface area contributed by atoms with E-state index in [0.29, 0.717) is 23.9 Å². The lowest BCUT2D eigenvalue weighted by Gasteiger charge is -2.13. The van der Waals surface area contributed by atoms with Gasteiger partial charge in [0.1, 0.15) is 5.82 Å². The fraction of sp³-hybridized carbons (Fsp3) is 0.545. The summed E-state index contributed by atoms with van der Waals surface area (Å²) in [5, 5.41) is 14.5. The molecule has 8 heteroatoms. The predicted octanol–water partition coefficient (Wildman–Crippen LogP) is 0.743. The molecule has 0 aromatic carbocycles. The summed E-state index contributed by atoms with van der Waals surface area (Å²) in [7, 11) is 0. The zero-order chi connectivity index (χ0) is 14.0. The third-order valence-electron chi connectivity index (χ3n) is 2.91. The van der Waals surface area contributed by atoms with Crippen molar-refractivity contribution in [2.45, 2.75) is 39.9 Å². The van der Waals surface area contributed by atoms with Crippen molar-refractivity contribution in [3.8, 4) is 0 Å². The van der Waals surface area contributed by atoms with Gasteiger partial charge in [-0.2, -0.15) is 10.2 Å². The molecule has 2 rings (SSSR count). The van der Waals surface area contributed by atoms with Crippen molar-refractivity contribution in [3.05, 3.63) is 32.7 Å². The maximum Gasteiger partial charge on any atom is 0.340 e. The average Bonchev–Trinajstić information content (AvgIpc) is 2.88. The monoisotopic (exact) mass is 284 g/mol. The Hall–Kier alpha value is -1.60. The lowest BCUT2D eigenvalue weighted by molar-refractivity contribution is 0.439. The van der Waals surface area contributed by atoms with Gasteiger partial charge in [0.05, 0.1) is 29.5 Å². The van der Waals surface area contributed by atoms with Crippen molar-refractivity contribution < 1.29 is 0 Å². The van der Waals surface area contributed by atoms with E-state index in [-0.39, 0.29) is 11.7 Å². The minimum absolute atomic E-state index is 0.175. The molecule has 104 valence electrons. The fourth-order valence-electron chi connectivity index (χ4n) is 1.84. The lowest BCUT2D eigenvalue weighted by atomic mass is 10.3. The summed E-state index contributed by atoms with van der Waals surface area (Å²) in [5.41, 5.74) is 1.50. The van der Waals surface area contributed by atoms with E-state index in [1.165, 1.54) is 0 Å². The second-order valence-electron chi connectivity index (χ2n) is 4.57. The van der Waals surface area contributed by atoms with Crippen LogP contribution in [0.1, 0.15) is 24.1 Å². The number of nitrogens with one attached hydrogen (secondary N) is 3. The predicted molar refractivity (Wildman–Crippen MR) is 72.2 cm³/mol. The van der Waals surface area contributed by atoms with Crippen LogP contribution in [0.5, 0.6) is 0 Å². The van der Waals surface area contributed by atoms with Crippen LogP contribution in [0, 0.1) is 13.8 Å². The maximum atomic E-state index is 10.9. The third kappa shape index (κ3) is 3.24. The third-order valence-corrected chi connectivity index (χ3v) is 3.46. The van der Waals surface area contributed by atoms with Crippen LogP contribution in [0.25, 0.3) is 0 Å². The summed E-state index contributed by atoms with van der Waals surface area (Å²) >= 11 is 6.10. The molecule has 0 bridgehead atoms. The van der Waals surface area contributed by atoms with E-state index in [0.717, 1.165) is 11.4 Å². The van der Waals surface area contributed by atoms with E-state index in [2.05, 4.69) is 25.6 Å². The Bertz CT molecular complexity index is 613. The van der Waals surface area contributed by atoms with Crippen molar-refractivity contribution >= 4 is 11.6 Å². The van der Waals surface area contributed by atoms with Gasteiger partial charge < -0.3 is 5.32 Å². The number of halogens is 1. The van der Waals surface area contributed by atoms with Crippen LogP contribution in [0.2, 0.25) is 5.02 Å². The van der Waals surface area contributed by atoms with Crippen LogP contribution < -0.4 is 11.0 Å². The zero-order valence-corrected chi connectivity index (χ0v) is 11.9. The van der Waals surface area contributed by atoms with Gasteiger partial charge in [0.2, 0.25) is 0 Å². The Balaban J connectivity index is 1.92. The smallest absolute Gasteiger partial charge is 0.305 e. The highest BCUT2D eigenvalue weighted by Gasteiger charge is 2.11. The van der Waals surface area contributed by atoms with E-state index in [1.54, 1.807) is 0 Å². The SMILES string of the molecule is Cc1nn(CC(C)NCc2n[nH]c(=O)[nH]2)c(C)c1Cl. The first-order chi connectivity index (χ1) is 8.97. The van der Waals surface area contributed by atoms with Crippen molar-refractivity contribution in [1.82, 2.24) is 30.3 Å². The number of hydrogen-bond donors (Lipinski definition) is 3. The van der Waals surface area contributed by atoms with Crippen molar-refractivity contribution in [3.63, 3.8) is 0 Å². The Morgan fingerprint density at radius 2 is 2.21 bits per heavy atom. The Morgan fingerprint density at radius 3 is 2.74 bits per heavy atom. The molecule has 0 aliphatic carbocycles. The maximum absolute atomic E-state index is 10.9. The van der Waals surface area contributed by atoms with Crippen molar-refractivity contribution in [1.29, 1.82) is 0 Å². The van der Waals surface area contributed by atoms with Crippen LogP contribution in [-0.4, -0.2) is 31.0 Å². The summed E-state index contributed by atoms with van der Waals surface area (Å²) in [6.45, 7) is 7.06. The van der Waals surface area contributed by atoms with Gasteiger partial charge >= 0.3 is 5.69 Å². The quantitative estimate of drug-likeness (QED) is 0.755. The fourth-order valence-corrected chi connectivity index (χ4v) is 1.97. The summed E-state index contributed by atoms with van der Waals surface area (Å²) in [6, 6.07) is 0.175. The highest BCUT2D eigenvalue weighted by atomic mass is 35.5. The molecule has 2 heterocycles. The molecule has 2 aromatic rings. The molecule has 1 atom stereocenters. The normalized spacial score (nSPS) is 12.8. The number of nitrogens with zero attached hydrogens (tertiary/aromatic N) is 3. The summed E-state index contributed by atoms with van der Waals surface area (Å²) in [5.74, 6) is 0.586. The Morgan fingerprint density at radius 1 is 1.47 bits per heavy atom. The van der Waals surface area contributed by atoms with E-state index in [9.17, 15) is 4.79 Å². The molecule has 2 aromatic heterocycles. The van der Waals surface area contributed by atoms with E-state index >= 15 is 0 Å². The van der Waals surface area contributed by atoms with Gasteiger partial charge in [-0.05, 0) is 20.8 Å². The summed E-state index contributed by atoms with van der Waals surface area (Å²) in [6.07, 6.45) is 0. The molecule has 19 heavy (non-hydrogen) atoms. The molecular weight excluding hydrogens is 268 g/mol. The molecule has 0 radical (unpaired) electrons. The number of hydrogen-bond acceptors (Lipinski definition) is 4. The standard InChI is InChI=1S/C11H17ClN6O/c1-6(13-4-9-14-11(19)16-15-9)5-18-8(3)10(12)7(2)17-18/h6,13H,4-5H2,1-3H3,(H2,14,15,16,19). The van der Waals surface area contributed by atoms with E-state index < -0.39 is 0 Å². The highest BCUT2D eigenvalue weighted by Crippen LogP contribution is 2.18. The lowest BCUT2D eigenvalue weighted by Crippen LogP contribution is -2.31. The molecule has 0 aliphatic rings. The molecule has 0 saturated carbocycles. The molecule has 7 nitrogen and oxygen atoms in total. The number of rotatable bonds is 5. The Kier molecular flexibility index (Phi) is 4.06. The first-order valence-corrected chi connectivity index (χ1v) is 6.41. The van der Waals surface area contributed by atoms with Crippen LogP contribution in [-0.2, 0) is 13.1 Å². The first-order valence-electron chi connectivity index (χ1n) is 6.04. The van der Waals surface area contributed by atoms with Crippen molar-refractivity contribution in [2.75, 3.05) is 0 Å². The number of aromatic amines is 2. The molecule has 0 fully saturated rings. The van der Waals surface area contributed by atoms with Gasteiger partial charge in [-0.3, -0.25) is 9.67 Å². The van der Waals surface area contributed by atoms with Crippen LogP contribution in [0.3, 0.4) is 0 Å². The number of aromatic nitrogens is 5. The van der Waals surface area contributed by atoms with E-state index in [4.69, 9.17) is 11.6 Å². The Labute approximate surface area is 115 Å². The van der Waals surface area contributed by atoms with Crippen molar-refractivity contribution in [2.24, 2.45) is 0 Å². The minimum atomic E-state index is -0.296. The van der Waals surface area contributed by atoms with Crippen LogP contribution in [0.4, 0.5) is 0 Å². The highest BCUT2D eigenvalue weighted by molar-refractivity contribution is 6.31. The van der Waals surface area contributed by atoms with Gasteiger partial charge in [0, 0.05) is 6.04 Å². The summed E-state index contributed by atoms with van der Waals surface area (Å²) < 4.78 is 1.88. The van der Waals surface area contributed by atoms with Gasteiger partial charge in [-0.25, -0.2) is 9.89 Å². The number of H-pyrrole nitrogens is 2. The molecule has 0 spiro atoms. The van der Waals surface area contributed by atoms with Gasteiger partial charge in [0.15, 0.2) is 0 Å². The van der Waals surface area contributed by atoms with Gasteiger partial charge in [-0.1, -0.05) is 11.6 Å². The molecule has 1 unspecified atom stereocenters. The molecule has 3 N–H and O–H groups in total. The summed E-state index contributed by atoms with van der Waals surface area (Å²) in [4.78, 5) is 13.5. The zero-order valence-electron chi connectivity index (χ0n) is 11.1. The molecule has 0 amide bonds. The topological polar surface area (TPSA) is 91.4 Å². The molecule has 0 saturated heterocycles. The number of aryl methyl sites for hydroxylation is 1. The van der Waals surface area contributed by atoms with Gasteiger partial charge in [0.25, 0.3) is 0 Å². The average molecular weight is 285 g/mol. The molecule has 0 aliphatic heterocycles. The second kappa shape index (κ2) is 5.58. The van der Waals surface area contributed by atoms with Gasteiger partial charge in [-0.15, -0.1) is 0 Å². The first kappa shape index (κ1) is 13.8. The minimum Gasteiger partial charge on any atom is -0.305 e. The van der Waals surface area contributed by atoms with E-state index in [1.807, 2.05) is 25.5 Å². The largest absolute Gasteiger partial charge is 0.340 e. The van der Waals surface area contributed by atoms with Crippen LogP contribution in [0.15, 0.2) is 4.79 Å². The molecular formula is C11H17ClN6O. The second-order valence-corrected chi connectivity index (χ2v) is 4.95.